The molecule has 2 amide bonds. The number of hydrogen-bond acceptors (Lipinski definition) is 6. The largest absolute Gasteiger partial charge is 0.466 e. The van der Waals surface area contributed by atoms with E-state index in [1.807, 2.05) is 0 Å². The number of hydrogen-bond donors (Lipinski definition) is 2. The highest BCUT2D eigenvalue weighted by molar-refractivity contribution is 5.95. The molecule has 1 saturated carbocycles. The number of amides is 2. The molecule has 0 spiro atoms. The molecule has 0 aliphatic heterocycles. The minimum atomic E-state index is -4.62. The Kier molecular flexibility index (Phi) is 6.13. The van der Waals surface area contributed by atoms with Gasteiger partial charge in [-0.25, -0.2) is 19.3 Å². The van der Waals surface area contributed by atoms with Crippen LogP contribution in [0.25, 0.3) is 0 Å². The van der Waals surface area contributed by atoms with Crippen molar-refractivity contribution in [2.45, 2.75) is 32.0 Å². The Morgan fingerprint density at radius 1 is 1.30 bits per heavy atom. The number of nitrogens with one attached hydrogen (secondary N) is 2. The van der Waals surface area contributed by atoms with E-state index in [1.54, 1.807) is 0 Å². The number of anilines is 1. The summed E-state index contributed by atoms with van der Waals surface area (Å²) in [4.78, 5) is 35.6. The van der Waals surface area contributed by atoms with Gasteiger partial charge in [0, 0.05) is 18.3 Å². The lowest BCUT2D eigenvalue weighted by Gasteiger charge is -2.15. The van der Waals surface area contributed by atoms with Crippen LogP contribution in [0.3, 0.4) is 0 Å². The summed E-state index contributed by atoms with van der Waals surface area (Å²) in [5, 5.41) is 5.09. The van der Waals surface area contributed by atoms with Gasteiger partial charge in [0.25, 0.3) is 11.8 Å². The van der Waals surface area contributed by atoms with Crippen molar-refractivity contribution >= 4 is 17.8 Å². The third-order valence-electron chi connectivity index (χ3n) is 4.12. The maximum Gasteiger partial charge on any atom is 0.422 e. The van der Waals surface area contributed by atoms with E-state index < -0.39 is 36.4 Å². The Morgan fingerprint density at radius 3 is 2.67 bits per heavy atom. The van der Waals surface area contributed by atoms with Crippen molar-refractivity contribution in [2.75, 3.05) is 11.9 Å². The van der Waals surface area contributed by atoms with Gasteiger partial charge in [-0.05, 0) is 37.5 Å². The number of alkyl halides is 3. The van der Waals surface area contributed by atoms with E-state index >= 15 is 0 Å². The number of aromatic nitrogens is 3. The third-order valence-corrected chi connectivity index (χ3v) is 4.12. The summed E-state index contributed by atoms with van der Waals surface area (Å²) in [5.41, 5.74) is 0.179. The van der Waals surface area contributed by atoms with Crippen LogP contribution in [0.2, 0.25) is 0 Å². The van der Waals surface area contributed by atoms with Gasteiger partial charge in [-0.15, -0.1) is 0 Å². The van der Waals surface area contributed by atoms with Crippen LogP contribution in [0.15, 0.2) is 24.5 Å². The van der Waals surface area contributed by atoms with Gasteiger partial charge in [0.2, 0.25) is 11.9 Å². The van der Waals surface area contributed by atoms with Crippen molar-refractivity contribution in [3.63, 3.8) is 0 Å². The predicted molar refractivity (Wildman–Crippen MR) is 95.0 cm³/mol. The molecule has 0 aromatic carbocycles. The Morgan fingerprint density at radius 2 is 2.03 bits per heavy atom. The first-order valence-electron chi connectivity index (χ1n) is 8.92. The Hall–Kier alpha value is -3.31. The maximum absolute atomic E-state index is 14.0. The van der Waals surface area contributed by atoms with Gasteiger partial charge in [0.05, 0.1) is 6.04 Å². The molecule has 160 valence electrons. The van der Waals surface area contributed by atoms with E-state index in [-0.39, 0.29) is 29.0 Å². The van der Waals surface area contributed by atoms with E-state index in [9.17, 15) is 27.2 Å². The Labute approximate surface area is 168 Å². The molecule has 1 unspecified atom stereocenters. The highest BCUT2D eigenvalue weighted by atomic mass is 19.4. The molecule has 2 aromatic rings. The monoisotopic (exact) mass is 427 g/mol. The molecule has 1 fully saturated rings. The molecule has 12 heteroatoms. The second-order valence-corrected chi connectivity index (χ2v) is 6.68. The lowest BCUT2D eigenvalue weighted by Crippen LogP contribution is -2.28. The highest BCUT2D eigenvalue weighted by Crippen LogP contribution is 2.29. The maximum atomic E-state index is 14.0. The number of halogens is 4. The fraction of sp³-hybridized carbons (Fsp3) is 0.389. The van der Waals surface area contributed by atoms with Crippen LogP contribution >= 0.6 is 0 Å². The average Bonchev–Trinajstić information content (AvgIpc) is 3.51. The van der Waals surface area contributed by atoms with E-state index in [0.29, 0.717) is 0 Å². The normalized spacial score (nSPS) is 14.7. The van der Waals surface area contributed by atoms with Crippen LogP contribution < -0.4 is 15.4 Å². The molecule has 0 bridgehead atoms. The molecule has 30 heavy (non-hydrogen) atoms. The van der Waals surface area contributed by atoms with Gasteiger partial charge in [-0.2, -0.15) is 13.2 Å². The molecule has 1 aliphatic rings. The molecule has 1 aliphatic carbocycles. The summed E-state index contributed by atoms with van der Waals surface area (Å²) < 4.78 is 54.8. The van der Waals surface area contributed by atoms with Crippen LogP contribution in [0.4, 0.5) is 23.5 Å². The molecular formula is C18H17F4N5O3. The van der Waals surface area contributed by atoms with Gasteiger partial charge in [0.1, 0.15) is 5.69 Å². The first-order chi connectivity index (χ1) is 14.1. The number of carbonyl (C=O) groups excluding carboxylic acids is 2. The predicted octanol–water partition coefficient (Wildman–Crippen LogP) is 2.79. The van der Waals surface area contributed by atoms with Crippen LogP contribution in [0.1, 0.15) is 41.9 Å². The summed E-state index contributed by atoms with van der Waals surface area (Å²) in [5.74, 6) is -2.78. The summed E-state index contributed by atoms with van der Waals surface area (Å²) in [7, 11) is 0. The Bertz CT molecular complexity index is 950. The fourth-order valence-electron chi connectivity index (χ4n) is 2.39. The standard InChI is InChI=1S/C18H17F4N5O3/c1-9(11-6-12(19)16(24-7-11)30-8-18(20,21)22)25-15(29)13-4-5-23-17(26-13)27-14(28)10-2-3-10/h4-7,9-10H,2-3,8H2,1H3,(H,25,29)(H,23,26,27,28). The summed E-state index contributed by atoms with van der Waals surface area (Å²) in [6, 6.07) is 1.52. The van der Waals surface area contributed by atoms with E-state index in [4.69, 9.17) is 0 Å². The van der Waals surface area contributed by atoms with Crippen molar-refractivity contribution in [1.82, 2.24) is 20.3 Å². The lowest BCUT2D eigenvalue weighted by molar-refractivity contribution is -0.154. The van der Waals surface area contributed by atoms with E-state index in [0.717, 1.165) is 25.1 Å². The number of nitrogens with zero attached hydrogens (tertiary/aromatic N) is 3. The van der Waals surface area contributed by atoms with E-state index in [2.05, 4.69) is 30.3 Å². The second kappa shape index (κ2) is 8.59. The zero-order chi connectivity index (χ0) is 21.9. The molecule has 0 radical (unpaired) electrons. The highest BCUT2D eigenvalue weighted by Gasteiger charge is 2.30. The quantitative estimate of drug-likeness (QED) is 0.659. The van der Waals surface area contributed by atoms with Crippen molar-refractivity contribution in [1.29, 1.82) is 0 Å². The number of carbonyl (C=O) groups is 2. The van der Waals surface area contributed by atoms with Crippen molar-refractivity contribution in [3.05, 3.63) is 41.6 Å². The molecular weight excluding hydrogens is 410 g/mol. The van der Waals surface area contributed by atoms with Crippen LogP contribution in [-0.4, -0.2) is 39.5 Å². The number of pyridine rings is 1. The smallest absolute Gasteiger partial charge is 0.422 e. The number of ether oxygens (including phenoxy) is 1. The van der Waals surface area contributed by atoms with Gasteiger partial charge in [-0.1, -0.05) is 0 Å². The minimum absolute atomic E-state index is 0.00826. The topological polar surface area (TPSA) is 106 Å². The summed E-state index contributed by atoms with van der Waals surface area (Å²) >= 11 is 0. The van der Waals surface area contributed by atoms with Gasteiger partial charge < -0.3 is 10.1 Å². The van der Waals surface area contributed by atoms with Crippen molar-refractivity contribution in [2.24, 2.45) is 5.92 Å². The van der Waals surface area contributed by atoms with Crippen LogP contribution in [0, 0.1) is 11.7 Å². The third kappa shape index (κ3) is 5.84. The van der Waals surface area contributed by atoms with Gasteiger partial charge >= 0.3 is 6.18 Å². The molecule has 2 N–H and O–H groups in total. The van der Waals surface area contributed by atoms with Gasteiger partial charge in [-0.3, -0.25) is 14.9 Å². The zero-order valence-corrected chi connectivity index (χ0v) is 15.7. The summed E-state index contributed by atoms with van der Waals surface area (Å²) in [6.07, 6.45) is -0.616. The Balaban J connectivity index is 1.62. The average molecular weight is 427 g/mol. The minimum Gasteiger partial charge on any atom is -0.466 e. The molecule has 3 rings (SSSR count). The molecule has 2 heterocycles. The first kappa shape index (κ1) is 21.4. The molecule has 0 saturated heterocycles. The molecule has 2 aromatic heterocycles. The molecule has 1 atom stereocenters. The van der Waals surface area contributed by atoms with Crippen molar-refractivity contribution in [3.8, 4) is 5.88 Å². The summed E-state index contributed by atoms with van der Waals surface area (Å²) in [6.45, 7) is -0.141. The van der Waals surface area contributed by atoms with Gasteiger partial charge in [0.15, 0.2) is 12.4 Å². The van der Waals surface area contributed by atoms with Crippen LogP contribution in [-0.2, 0) is 4.79 Å². The van der Waals surface area contributed by atoms with Crippen LogP contribution in [0.5, 0.6) is 5.88 Å². The van der Waals surface area contributed by atoms with Crippen molar-refractivity contribution < 1.29 is 31.9 Å². The zero-order valence-electron chi connectivity index (χ0n) is 15.7. The second-order valence-electron chi connectivity index (χ2n) is 6.68. The SMILES string of the molecule is CC(NC(=O)c1ccnc(NC(=O)C2CC2)n1)c1cnc(OCC(F)(F)F)c(F)c1. The molecule has 8 nitrogen and oxygen atoms in total. The number of rotatable bonds is 7. The fourth-order valence-corrected chi connectivity index (χ4v) is 2.39. The van der Waals surface area contributed by atoms with E-state index in [1.165, 1.54) is 19.2 Å². The lowest BCUT2D eigenvalue weighted by atomic mass is 10.1. The first-order valence-corrected chi connectivity index (χ1v) is 8.92.